The summed E-state index contributed by atoms with van der Waals surface area (Å²) in [6, 6.07) is 10.3. The number of aliphatic hydroxyl groups is 1. The molecule has 1 atom stereocenters. The molecule has 1 aliphatic carbocycles. The van der Waals surface area contributed by atoms with Gasteiger partial charge in [0.2, 0.25) is 0 Å². The Balaban J connectivity index is 2.40. The summed E-state index contributed by atoms with van der Waals surface area (Å²) in [5.74, 6) is 0.386. The minimum Gasteiger partial charge on any atom is -0.384 e. The van der Waals surface area contributed by atoms with Crippen LogP contribution in [0.15, 0.2) is 30.3 Å². The SMILES string of the molecule is CC(C)(C)C(O)(c1ccccc1)C1CCCCCC1. The predicted octanol–water partition coefficient (Wildman–Crippen LogP) is 4.89. The van der Waals surface area contributed by atoms with Gasteiger partial charge in [-0.3, -0.25) is 0 Å². The molecule has 1 saturated carbocycles. The zero-order valence-electron chi connectivity index (χ0n) is 12.7. The fraction of sp³-hybridized carbons (Fsp3) is 0.667. The van der Waals surface area contributed by atoms with Gasteiger partial charge in [-0.1, -0.05) is 76.8 Å². The Morgan fingerprint density at radius 3 is 1.89 bits per heavy atom. The van der Waals surface area contributed by atoms with Crippen molar-refractivity contribution in [3.63, 3.8) is 0 Å². The quantitative estimate of drug-likeness (QED) is 0.751. The second kappa shape index (κ2) is 5.66. The molecule has 0 spiro atoms. The van der Waals surface area contributed by atoms with Gasteiger partial charge in [-0.05, 0) is 29.7 Å². The van der Waals surface area contributed by atoms with Crippen LogP contribution in [0.4, 0.5) is 0 Å². The molecule has 0 amide bonds. The molecule has 0 aliphatic heterocycles. The molecule has 1 aromatic carbocycles. The lowest BCUT2D eigenvalue weighted by Crippen LogP contribution is -2.46. The minimum absolute atomic E-state index is 0.136. The lowest BCUT2D eigenvalue weighted by atomic mass is 9.63. The Hall–Kier alpha value is -0.820. The summed E-state index contributed by atoms with van der Waals surface area (Å²) in [5, 5.41) is 11.6. The van der Waals surface area contributed by atoms with Crippen LogP contribution in [0.25, 0.3) is 0 Å². The largest absolute Gasteiger partial charge is 0.384 e. The summed E-state index contributed by atoms with van der Waals surface area (Å²) >= 11 is 0. The van der Waals surface area contributed by atoms with Gasteiger partial charge in [-0.2, -0.15) is 0 Å². The van der Waals surface area contributed by atoms with Crippen molar-refractivity contribution < 1.29 is 5.11 Å². The van der Waals surface area contributed by atoms with Crippen LogP contribution in [0.1, 0.15) is 64.9 Å². The molecule has 0 radical (unpaired) electrons. The topological polar surface area (TPSA) is 20.2 Å². The van der Waals surface area contributed by atoms with E-state index in [-0.39, 0.29) is 5.41 Å². The van der Waals surface area contributed by atoms with Crippen molar-refractivity contribution >= 4 is 0 Å². The highest BCUT2D eigenvalue weighted by molar-refractivity contribution is 5.26. The van der Waals surface area contributed by atoms with Gasteiger partial charge in [0, 0.05) is 0 Å². The summed E-state index contributed by atoms with van der Waals surface area (Å²) in [4.78, 5) is 0. The van der Waals surface area contributed by atoms with Gasteiger partial charge in [-0.25, -0.2) is 0 Å². The van der Waals surface area contributed by atoms with E-state index in [1.54, 1.807) is 0 Å². The molecule has 2 rings (SSSR count). The van der Waals surface area contributed by atoms with Gasteiger partial charge in [0.1, 0.15) is 0 Å². The van der Waals surface area contributed by atoms with Gasteiger partial charge in [-0.15, -0.1) is 0 Å². The molecule has 0 aromatic heterocycles. The average molecular weight is 260 g/mol. The third-order valence-electron chi connectivity index (χ3n) is 4.80. The molecule has 1 unspecified atom stereocenters. The molecule has 1 nitrogen and oxygen atoms in total. The zero-order chi connectivity index (χ0) is 13.9. The second-order valence-corrected chi connectivity index (χ2v) is 7.07. The molecule has 1 aliphatic rings. The third kappa shape index (κ3) is 2.86. The molecular formula is C18H28O. The van der Waals surface area contributed by atoms with Crippen molar-refractivity contribution in [2.75, 3.05) is 0 Å². The molecule has 0 saturated heterocycles. The van der Waals surface area contributed by atoms with Crippen LogP contribution in [0.2, 0.25) is 0 Å². The van der Waals surface area contributed by atoms with E-state index in [4.69, 9.17) is 0 Å². The van der Waals surface area contributed by atoms with Gasteiger partial charge in [0.05, 0.1) is 5.60 Å². The Labute approximate surface area is 118 Å². The van der Waals surface area contributed by atoms with E-state index >= 15 is 0 Å². The fourth-order valence-electron chi connectivity index (χ4n) is 3.67. The first-order chi connectivity index (χ1) is 8.96. The number of benzene rings is 1. The maximum absolute atomic E-state index is 11.6. The molecule has 1 fully saturated rings. The summed E-state index contributed by atoms with van der Waals surface area (Å²) in [6.07, 6.45) is 7.48. The molecular weight excluding hydrogens is 232 g/mol. The van der Waals surface area contributed by atoms with E-state index in [0.29, 0.717) is 5.92 Å². The van der Waals surface area contributed by atoms with Crippen molar-refractivity contribution in [3.05, 3.63) is 35.9 Å². The Bertz CT molecular complexity index is 382. The van der Waals surface area contributed by atoms with Crippen molar-refractivity contribution in [3.8, 4) is 0 Å². The second-order valence-electron chi connectivity index (χ2n) is 7.07. The summed E-state index contributed by atoms with van der Waals surface area (Å²) in [6.45, 7) is 6.51. The zero-order valence-corrected chi connectivity index (χ0v) is 12.7. The smallest absolute Gasteiger partial charge is 0.0972 e. The molecule has 1 heteroatoms. The molecule has 106 valence electrons. The van der Waals surface area contributed by atoms with Crippen LogP contribution >= 0.6 is 0 Å². The maximum Gasteiger partial charge on any atom is 0.0972 e. The van der Waals surface area contributed by atoms with Crippen molar-refractivity contribution in [1.82, 2.24) is 0 Å². The summed E-state index contributed by atoms with van der Waals surface area (Å²) in [5.41, 5.74) is 0.247. The number of hydrogen-bond donors (Lipinski definition) is 1. The van der Waals surface area contributed by atoms with E-state index in [2.05, 4.69) is 32.9 Å². The number of rotatable bonds is 2. The van der Waals surface area contributed by atoms with Gasteiger partial charge < -0.3 is 5.11 Å². The third-order valence-corrected chi connectivity index (χ3v) is 4.80. The normalized spacial score (nSPS) is 21.7. The van der Waals surface area contributed by atoms with Gasteiger partial charge in [0.15, 0.2) is 0 Å². The van der Waals surface area contributed by atoms with E-state index in [9.17, 15) is 5.11 Å². The van der Waals surface area contributed by atoms with E-state index < -0.39 is 5.60 Å². The van der Waals surface area contributed by atoms with Crippen LogP contribution in [0.5, 0.6) is 0 Å². The standard InChI is InChI=1S/C18H28O/c1-17(2,3)18(19,16-13-9-6-10-14-16)15-11-7-4-5-8-12-15/h6,9-10,13-15,19H,4-5,7-8,11-12H2,1-3H3. The lowest BCUT2D eigenvalue weighted by molar-refractivity contribution is -0.117. The number of hydrogen-bond acceptors (Lipinski definition) is 1. The minimum atomic E-state index is -0.710. The Morgan fingerprint density at radius 2 is 1.42 bits per heavy atom. The van der Waals surface area contributed by atoms with Gasteiger partial charge in [0.25, 0.3) is 0 Å². The Kier molecular flexibility index (Phi) is 4.35. The molecule has 1 aromatic rings. The molecule has 19 heavy (non-hydrogen) atoms. The van der Waals surface area contributed by atoms with E-state index in [0.717, 1.165) is 18.4 Å². The lowest BCUT2D eigenvalue weighted by Gasteiger charge is -2.46. The maximum atomic E-state index is 11.6. The first kappa shape index (κ1) is 14.6. The summed E-state index contributed by atoms with van der Waals surface area (Å²) < 4.78 is 0. The highest BCUT2D eigenvalue weighted by Gasteiger charge is 2.47. The Morgan fingerprint density at radius 1 is 0.895 bits per heavy atom. The van der Waals surface area contributed by atoms with Crippen molar-refractivity contribution in [2.45, 2.75) is 64.9 Å². The van der Waals surface area contributed by atoms with Crippen molar-refractivity contribution in [1.29, 1.82) is 0 Å². The van der Waals surface area contributed by atoms with Crippen LogP contribution in [0.3, 0.4) is 0 Å². The average Bonchev–Trinajstić information content (AvgIpc) is 2.66. The highest BCUT2D eigenvalue weighted by atomic mass is 16.3. The predicted molar refractivity (Wildman–Crippen MR) is 81.0 cm³/mol. The van der Waals surface area contributed by atoms with Crippen LogP contribution in [-0.4, -0.2) is 5.11 Å². The molecule has 0 bridgehead atoms. The molecule has 1 N–H and O–H groups in total. The fourth-order valence-corrected chi connectivity index (χ4v) is 3.67. The summed E-state index contributed by atoms with van der Waals surface area (Å²) in [7, 11) is 0. The monoisotopic (exact) mass is 260 g/mol. The van der Waals surface area contributed by atoms with Crippen LogP contribution in [-0.2, 0) is 5.60 Å². The first-order valence-electron chi connectivity index (χ1n) is 7.74. The molecule has 0 heterocycles. The van der Waals surface area contributed by atoms with E-state index in [1.807, 2.05) is 18.2 Å². The van der Waals surface area contributed by atoms with Crippen molar-refractivity contribution in [2.24, 2.45) is 11.3 Å². The highest BCUT2D eigenvalue weighted by Crippen LogP contribution is 2.49. The van der Waals surface area contributed by atoms with Gasteiger partial charge >= 0.3 is 0 Å². The van der Waals surface area contributed by atoms with Crippen LogP contribution in [0, 0.1) is 11.3 Å². The van der Waals surface area contributed by atoms with Crippen LogP contribution < -0.4 is 0 Å². The van der Waals surface area contributed by atoms with E-state index in [1.165, 1.54) is 25.7 Å². The first-order valence-corrected chi connectivity index (χ1v) is 7.74.